The summed E-state index contributed by atoms with van der Waals surface area (Å²) in [7, 11) is 1.95. The summed E-state index contributed by atoms with van der Waals surface area (Å²) in [5.41, 5.74) is 3.23. The molecular weight excluding hydrogens is 253 g/mol. The average molecular weight is 273 g/mol. The van der Waals surface area contributed by atoms with Crippen molar-refractivity contribution in [3.05, 3.63) is 65.0 Å². The van der Waals surface area contributed by atoms with Gasteiger partial charge in [0.15, 0.2) is 0 Å². The van der Waals surface area contributed by atoms with Crippen molar-refractivity contribution in [1.82, 2.24) is 5.32 Å². The number of halogens is 1. The number of hydrogen-bond acceptors (Lipinski definition) is 2. The van der Waals surface area contributed by atoms with Gasteiger partial charge < -0.3 is 10.1 Å². The summed E-state index contributed by atoms with van der Waals surface area (Å²) < 4.78 is 18.7. The smallest absolute Gasteiger partial charge is 0.123 e. The van der Waals surface area contributed by atoms with Crippen LogP contribution in [0.4, 0.5) is 4.39 Å². The molecule has 106 valence electrons. The molecule has 0 aromatic heterocycles. The molecule has 20 heavy (non-hydrogen) atoms. The van der Waals surface area contributed by atoms with Crippen molar-refractivity contribution in [2.24, 2.45) is 0 Å². The Bertz CT molecular complexity index is 551. The monoisotopic (exact) mass is 273 g/mol. The minimum atomic E-state index is -0.233. The molecule has 0 aliphatic rings. The van der Waals surface area contributed by atoms with Crippen molar-refractivity contribution in [3.63, 3.8) is 0 Å². The Kier molecular flexibility index (Phi) is 5.13. The van der Waals surface area contributed by atoms with Crippen LogP contribution in [0, 0.1) is 12.7 Å². The fourth-order valence-corrected chi connectivity index (χ4v) is 2.01. The third kappa shape index (κ3) is 4.07. The second kappa shape index (κ2) is 7.06. The van der Waals surface area contributed by atoms with E-state index >= 15 is 0 Å². The van der Waals surface area contributed by atoms with Crippen LogP contribution in [0.1, 0.15) is 16.7 Å². The third-order valence-corrected chi connectivity index (χ3v) is 3.22. The molecule has 0 heterocycles. The zero-order chi connectivity index (χ0) is 14.4. The molecule has 0 atom stereocenters. The highest BCUT2D eigenvalue weighted by atomic mass is 19.1. The van der Waals surface area contributed by atoms with Crippen molar-refractivity contribution in [2.45, 2.75) is 20.0 Å². The Labute approximate surface area is 119 Å². The number of rotatable bonds is 6. The van der Waals surface area contributed by atoms with Crippen LogP contribution in [-0.4, -0.2) is 13.6 Å². The predicted octanol–water partition coefficient (Wildman–Crippen LogP) is 3.48. The van der Waals surface area contributed by atoms with Gasteiger partial charge in [0.2, 0.25) is 0 Å². The molecule has 3 heteroatoms. The standard InChI is InChI=1S/C17H20FNO/c1-13-11-16(18)7-8-17(13)20-12-15-5-3-14(4-6-15)9-10-19-2/h3-8,11,19H,9-10,12H2,1-2H3. The van der Waals surface area contributed by atoms with Crippen LogP contribution in [0.5, 0.6) is 5.75 Å². The van der Waals surface area contributed by atoms with Crippen molar-refractivity contribution in [2.75, 3.05) is 13.6 Å². The maximum absolute atomic E-state index is 13.0. The van der Waals surface area contributed by atoms with E-state index < -0.39 is 0 Å². The average Bonchev–Trinajstić information content (AvgIpc) is 2.45. The van der Waals surface area contributed by atoms with E-state index in [-0.39, 0.29) is 5.82 Å². The third-order valence-electron chi connectivity index (χ3n) is 3.22. The van der Waals surface area contributed by atoms with Crippen molar-refractivity contribution >= 4 is 0 Å². The molecule has 0 saturated carbocycles. The molecule has 0 fully saturated rings. The van der Waals surface area contributed by atoms with Gasteiger partial charge in [0.1, 0.15) is 18.2 Å². The zero-order valence-corrected chi connectivity index (χ0v) is 11.9. The molecule has 0 bridgehead atoms. The van der Waals surface area contributed by atoms with Gasteiger partial charge in [-0.3, -0.25) is 0 Å². The molecule has 0 radical (unpaired) electrons. The molecule has 2 aromatic carbocycles. The van der Waals surface area contributed by atoms with Gasteiger partial charge in [-0.15, -0.1) is 0 Å². The number of benzene rings is 2. The van der Waals surface area contributed by atoms with Gasteiger partial charge in [0.25, 0.3) is 0 Å². The first-order chi connectivity index (χ1) is 9.69. The van der Waals surface area contributed by atoms with Crippen LogP contribution in [0.3, 0.4) is 0 Å². The molecule has 0 aliphatic carbocycles. The molecular formula is C17H20FNO. The van der Waals surface area contributed by atoms with Gasteiger partial charge in [-0.05, 0) is 61.8 Å². The maximum atomic E-state index is 13.0. The van der Waals surface area contributed by atoms with E-state index in [1.165, 1.54) is 17.7 Å². The summed E-state index contributed by atoms with van der Waals surface area (Å²) in [6, 6.07) is 13.0. The Balaban J connectivity index is 1.93. The summed E-state index contributed by atoms with van der Waals surface area (Å²) in [5.74, 6) is 0.495. The van der Waals surface area contributed by atoms with Gasteiger partial charge >= 0.3 is 0 Å². The second-order valence-electron chi connectivity index (χ2n) is 4.87. The van der Waals surface area contributed by atoms with E-state index in [0.29, 0.717) is 6.61 Å². The van der Waals surface area contributed by atoms with Gasteiger partial charge in [0, 0.05) is 0 Å². The van der Waals surface area contributed by atoms with E-state index in [4.69, 9.17) is 4.74 Å². The van der Waals surface area contributed by atoms with Crippen LogP contribution in [-0.2, 0) is 13.0 Å². The lowest BCUT2D eigenvalue weighted by Gasteiger charge is -2.09. The SMILES string of the molecule is CNCCc1ccc(COc2ccc(F)cc2C)cc1. The van der Waals surface area contributed by atoms with Crippen LogP contribution in [0.15, 0.2) is 42.5 Å². The van der Waals surface area contributed by atoms with Gasteiger partial charge in [0.05, 0.1) is 0 Å². The van der Waals surface area contributed by atoms with Crippen LogP contribution < -0.4 is 10.1 Å². The lowest BCUT2D eigenvalue weighted by Crippen LogP contribution is -2.10. The molecule has 0 unspecified atom stereocenters. The summed E-state index contributed by atoms with van der Waals surface area (Å²) in [5, 5.41) is 3.13. The van der Waals surface area contributed by atoms with Crippen molar-refractivity contribution in [3.8, 4) is 5.75 Å². The highest BCUT2D eigenvalue weighted by Crippen LogP contribution is 2.19. The fourth-order valence-electron chi connectivity index (χ4n) is 2.01. The molecule has 0 aliphatic heterocycles. The van der Waals surface area contributed by atoms with Crippen molar-refractivity contribution in [1.29, 1.82) is 0 Å². The Morgan fingerprint density at radius 1 is 1.05 bits per heavy atom. The lowest BCUT2D eigenvalue weighted by atomic mass is 10.1. The first-order valence-electron chi connectivity index (χ1n) is 6.80. The van der Waals surface area contributed by atoms with E-state index in [9.17, 15) is 4.39 Å². The zero-order valence-electron chi connectivity index (χ0n) is 11.9. The Morgan fingerprint density at radius 2 is 1.75 bits per heavy atom. The highest BCUT2D eigenvalue weighted by molar-refractivity contribution is 5.33. The lowest BCUT2D eigenvalue weighted by molar-refractivity contribution is 0.303. The molecule has 0 saturated heterocycles. The quantitative estimate of drug-likeness (QED) is 0.870. The predicted molar refractivity (Wildman–Crippen MR) is 79.5 cm³/mol. The van der Waals surface area contributed by atoms with E-state index in [2.05, 4.69) is 29.6 Å². The number of likely N-dealkylation sites (N-methyl/N-ethyl adjacent to an activating group) is 1. The summed E-state index contributed by atoms with van der Waals surface area (Å²) in [4.78, 5) is 0. The molecule has 2 aromatic rings. The normalized spacial score (nSPS) is 10.6. The first kappa shape index (κ1) is 14.5. The van der Waals surface area contributed by atoms with Crippen LogP contribution in [0.25, 0.3) is 0 Å². The molecule has 1 N–H and O–H groups in total. The summed E-state index contributed by atoms with van der Waals surface area (Å²) in [6.07, 6.45) is 1.02. The molecule has 2 rings (SSSR count). The minimum absolute atomic E-state index is 0.233. The fraction of sp³-hybridized carbons (Fsp3) is 0.294. The number of hydrogen-bond donors (Lipinski definition) is 1. The largest absolute Gasteiger partial charge is 0.489 e. The highest BCUT2D eigenvalue weighted by Gasteiger charge is 2.02. The summed E-state index contributed by atoms with van der Waals surface area (Å²) in [6.45, 7) is 3.32. The second-order valence-corrected chi connectivity index (χ2v) is 4.87. The molecule has 0 spiro atoms. The summed E-state index contributed by atoms with van der Waals surface area (Å²) >= 11 is 0. The maximum Gasteiger partial charge on any atom is 0.123 e. The van der Waals surface area contributed by atoms with E-state index in [1.807, 2.05) is 14.0 Å². The van der Waals surface area contributed by atoms with Crippen LogP contribution in [0.2, 0.25) is 0 Å². The van der Waals surface area contributed by atoms with E-state index in [0.717, 1.165) is 29.8 Å². The Hall–Kier alpha value is -1.87. The first-order valence-corrected chi connectivity index (χ1v) is 6.80. The number of ether oxygens (including phenoxy) is 1. The van der Waals surface area contributed by atoms with E-state index in [1.54, 1.807) is 6.07 Å². The topological polar surface area (TPSA) is 21.3 Å². The number of aryl methyl sites for hydroxylation is 1. The number of nitrogens with one attached hydrogen (secondary N) is 1. The Morgan fingerprint density at radius 3 is 2.40 bits per heavy atom. The van der Waals surface area contributed by atoms with Gasteiger partial charge in [-0.1, -0.05) is 24.3 Å². The van der Waals surface area contributed by atoms with Gasteiger partial charge in [-0.25, -0.2) is 4.39 Å². The molecule has 0 amide bonds. The minimum Gasteiger partial charge on any atom is -0.489 e. The van der Waals surface area contributed by atoms with Crippen molar-refractivity contribution < 1.29 is 9.13 Å². The van der Waals surface area contributed by atoms with Gasteiger partial charge in [-0.2, -0.15) is 0 Å². The van der Waals surface area contributed by atoms with Crippen LogP contribution >= 0.6 is 0 Å². The molecule has 2 nitrogen and oxygen atoms in total.